The average molecular weight is 377 g/mol. The number of rotatable bonds is 8. The Balaban J connectivity index is 1.41. The van der Waals surface area contributed by atoms with Gasteiger partial charge in [-0.1, -0.05) is 36.4 Å². The number of nitrogens with one attached hydrogen (secondary N) is 1. The van der Waals surface area contributed by atoms with Crippen LogP contribution in [0.3, 0.4) is 0 Å². The van der Waals surface area contributed by atoms with E-state index in [1.54, 1.807) is 18.1 Å². The maximum atomic E-state index is 12.3. The monoisotopic (exact) mass is 377 g/mol. The molecule has 0 atom stereocenters. The maximum Gasteiger partial charge on any atom is 0.317 e. The van der Waals surface area contributed by atoms with Crippen molar-refractivity contribution in [1.82, 2.24) is 20.0 Å². The third-order valence-corrected chi connectivity index (χ3v) is 4.57. The number of anilines is 1. The summed E-state index contributed by atoms with van der Waals surface area (Å²) in [6, 6.07) is 20.1. The van der Waals surface area contributed by atoms with E-state index in [2.05, 4.69) is 34.5 Å². The Morgan fingerprint density at radius 3 is 2.43 bits per heavy atom. The van der Waals surface area contributed by atoms with E-state index in [-0.39, 0.29) is 6.03 Å². The number of hydrogen-bond donors (Lipinski definition) is 1. The number of nitrogens with zero attached hydrogens (tertiary/aromatic N) is 4. The number of hydrogen-bond acceptors (Lipinski definition) is 3. The Labute approximate surface area is 166 Å². The molecule has 3 aromatic rings. The summed E-state index contributed by atoms with van der Waals surface area (Å²) in [7, 11) is 3.86. The molecule has 6 heteroatoms. The number of aromatic nitrogens is 2. The van der Waals surface area contributed by atoms with Gasteiger partial charge in [0.25, 0.3) is 0 Å². The minimum absolute atomic E-state index is 0.0742. The van der Waals surface area contributed by atoms with Gasteiger partial charge in [0.15, 0.2) is 0 Å². The van der Waals surface area contributed by atoms with Crippen LogP contribution < -0.4 is 10.2 Å². The van der Waals surface area contributed by atoms with Crippen molar-refractivity contribution >= 4 is 11.7 Å². The number of amides is 2. The SMILES string of the molecule is CN(Cc1cnn(-c2ccccc2)c1)C(=O)NCCCN(C)c1ccccc1. The predicted octanol–water partition coefficient (Wildman–Crippen LogP) is 3.54. The molecular weight excluding hydrogens is 350 g/mol. The summed E-state index contributed by atoms with van der Waals surface area (Å²) < 4.78 is 1.82. The van der Waals surface area contributed by atoms with Gasteiger partial charge in [0.2, 0.25) is 0 Å². The molecule has 1 aromatic heterocycles. The highest BCUT2D eigenvalue weighted by Crippen LogP contribution is 2.11. The Morgan fingerprint density at radius 1 is 1.04 bits per heavy atom. The lowest BCUT2D eigenvalue weighted by molar-refractivity contribution is 0.207. The van der Waals surface area contributed by atoms with E-state index in [4.69, 9.17) is 0 Å². The molecule has 0 aliphatic carbocycles. The van der Waals surface area contributed by atoms with Crippen molar-refractivity contribution in [2.45, 2.75) is 13.0 Å². The Kier molecular flexibility index (Phi) is 6.68. The van der Waals surface area contributed by atoms with Crippen LogP contribution in [0.1, 0.15) is 12.0 Å². The summed E-state index contributed by atoms with van der Waals surface area (Å²) in [5, 5.41) is 7.36. The molecule has 0 saturated heterocycles. The highest BCUT2D eigenvalue weighted by Gasteiger charge is 2.10. The van der Waals surface area contributed by atoms with Gasteiger partial charge in [-0.2, -0.15) is 5.10 Å². The molecule has 6 nitrogen and oxygen atoms in total. The lowest BCUT2D eigenvalue weighted by Crippen LogP contribution is -2.38. The highest BCUT2D eigenvalue weighted by atomic mass is 16.2. The zero-order valence-electron chi connectivity index (χ0n) is 16.5. The Bertz CT molecular complexity index is 863. The van der Waals surface area contributed by atoms with Crippen LogP contribution >= 0.6 is 0 Å². The third kappa shape index (κ3) is 5.36. The largest absolute Gasteiger partial charge is 0.375 e. The number of benzene rings is 2. The molecule has 28 heavy (non-hydrogen) atoms. The van der Waals surface area contributed by atoms with Crippen molar-refractivity contribution in [1.29, 1.82) is 0 Å². The van der Waals surface area contributed by atoms with Crippen molar-refractivity contribution in [3.63, 3.8) is 0 Å². The molecule has 3 rings (SSSR count). The summed E-state index contributed by atoms with van der Waals surface area (Å²) >= 11 is 0. The fraction of sp³-hybridized carbons (Fsp3) is 0.273. The number of urea groups is 1. The van der Waals surface area contributed by atoms with Crippen molar-refractivity contribution in [3.05, 3.63) is 78.6 Å². The van der Waals surface area contributed by atoms with Gasteiger partial charge in [-0.25, -0.2) is 9.48 Å². The van der Waals surface area contributed by atoms with Gasteiger partial charge >= 0.3 is 6.03 Å². The topological polar surface area (TPSA) is 53.4 Å². The number of carbonyl (C=O) groups is 1. The van der Waals surface area contributed by atoms with Gasteiger partial charge in [-0.15, -0.1) is 0 Å². The molecule has 0 aliphatic heterocycles. The molecule has 0 saturated carbocycles. The van der Waals surface area contributed by atoms with Crippen LogP contribution in [0.15, 0.2) is 73.1 Å². The van der Waals surface area contributed by atoms with Gasteiger partial charge < -0.3 is 15.1 Å². The van der Waals surface area contributed by atoms with Crippen LogP contribution in [0.25, 0.3) is 5.69 Å². The smallest absolute Gasteiger partial charge is 0.317 e. The van der Waals surface area contributed by atoms with Crippen molar-refractivity contribution in [2.75, 3.05) is 32.1 Å². The normalized spacial score (nSPS) is 10.5. The fourth-order valence-corrected chi connectivity index (χ4v) is 2.97. The molecular formula is C22H27N5O. The van der Waals surface area contributed by atoms with E-state index in [0.29, 0.717) is 13.1 Å². The summed E-state index contributed by atoms with van der Waals surface area (Å²) in [5.41, 5.74) is 3.18. The lowest BCUT2D eigenvalue weighted by Gasteiger charge is -2.20. The summed E-state index contributed by atoms with van der Waals surface area (Å²) in [6.07, 6.45) is 4.64. The highest BCUT2D eigenvalue weighted by molar-refractivity contribution is 5.73. The molecule has 1 heterocycles. The molecule has 0 radical (unpaired) electrons. The second-order valence-electron chi connectivity index (χ2n) is 6.83. The molecule has 2 amide bonds. The van der Waals surface area contributed by atoms with Gasteiger partial charge in [0.05, 0.1) is 18.4 Å². The van der Waals surface area contributed by atoms with E-state index in [1.165, 1.54) is 5.69 Å². The van der Waals surface area contributed by atoms with Crippen LogP contribution in [0.2, 0.25) is 0 Å². The minimum Gasteiger partial charge on any atom is -0.375 e. The number of para-hydroxylation sites is 2. The van der Waals surface area contributed by atoms with E-state index < -0.39 is 0 Å². The average Bonchev–Trinajstić information content (AvgIpc) is 3.20. The number of carbonyl (C=O) groups excluding carboxylic acids is 1. The molecule has 0 unspecified atom stereocenters. The van der Waals surface area contributed by atoms with Crippen molar-refractivity contribution in [2.24, 2.45) is 0 Å². The lowest BCUT2D eigenvalue weighted by atomic mass is 10.3. The second-order valence-corrected chi connectivity index (χ2v) is 6.83. The first-order chi connectivity index (χ1) is 13.6. The minimum atomic E-state index is -0.0742. The Hall–Kier alpha value is -3.28. The second kappa shape index (κ2) is 9.60. The van der Waals surface area contributed by atoms with Crippen LogP contribution in [0.5, 0.6) is 0 Å². The van der Waals surface area contributed by atoms with Crippen molar-refractivity contribution < 1.29 is 4.79 Å². The molecule has 0 aliphatic rings. The molecule has 1 N–H and O–H groups in total. The third-order valence-electron chi connectivity index (χ3n) is 4.57. The van der Waals surface area contributed by atoms with E-state index in [1.807, 2.05) is 59.4 Å². The molecule has 2 aromatic carbocycles. The van der Waals surface area contributed by atoms with E-state index >= 15 is 0 Å². The quantitative estimate of drug-likeness (QED) is 0.611. The van der Waals surface area contributed by atoms with Gasteiger partial charge in [-0.3, -0.25) is 0 Å². The first-order valence-electron chi connectivity index (χ1n) is 9.47. The molecule has 0 fully saturated rings. The standard InChI is InChI=1S/C22H27N5O/c1-25(20-10-5-3-6-11-20)15-9-14-23-22(28)26(2)17-19-16-24-27(18-19)21-12-7-4-8-13-21/h3-8,10-13,16,18H,9,14-15,17H2,1-2H3,(H,23,28). The summed E-state index contributed by atoms with van der Waals surface area (Å²) in [6.45, 7) is 2.05. The first-order valence-corrected chi connectivity index (χ1v) is 9.47. The van der Waals surface area contributed by atoms with Gasteiger partial charge in [-0.05, 0) is 30.7 Å². The van der Waals surface area contributed by atoms with Crippen LogP contribution in [-0.4, -0.2) is 47.9 Å². The molecule has 0 spiro atoms. The molecule has 0 bridgehead atoms. The van der Waals surface area contributed by atoms with E-state index in [0.717, 1.165) is 24.2 Å². The first kappa shape index (κ1) is 19.5. The van der Waals surface area contributed by atoms with Crippen LogP contribution in [0.4, 0.5) is 10.5 Å². The van der Waals surface area contributed by atoms with Crippen LogP contribution in [0, 0.1) is 0 Å². The van der Waals surface area contributed by atoms with Crippen molar-refractivity contribution in [3.8, 4) is 5.69 Å². The Morgan fingerprint density at radius 2 is 1.71 bits per heavy atom. The summed E-state index contributed by atoms with van der Waals surface area (Å²) in [4.78, 5) is 16.2. The van der Waals surface area contributed by atoms with Gasteiger partial charge in [0, 0.05) is 44.6 Å². The van der Waals surface area contributed by atoms with E-state index in [9.17, 15) is 4.79 Å². The zero-order valence-corrected chi connectivity index (χ0v) is 16.5. The fourth-order valence-electron chi connectivity index (χ4n) is 2.97. The maximum absolute atomic E-state index is 12.3. The van der Waals surface area contributed by atoms with Gasteiger partial charge in [0.1, 0.15) is 0 Å². The predicted molar refractivity (Wildman–Crippen MR) is 113 cm³/mol. The van der Waals surface area contributed by atoms with Crippen LogP contribution in [-0.2, 0) is 6.54 Å². The molecule has 146 valence electrons. The summed E-state index contributed by atoms with van der Waals surface area (Å²) in [5.74, 6) is 0. The zero-order chi connectivity index (χ0) is 19.8.